The topological polar surface area (TPSA) is 171 Å². The zero-order chi connectivity index (χ0) is 28.1. The number of benzene rings is 3. The smallest absolute Gasteiger partial charge is 0.255 e. The lowest BCUT2D eigenvalue weighted by atomic mass is 9.57. The highest BCUT2D eigenvalue weighted by atomic mass is 16.5. The first-order valence-electron chi connectivity index (χ1n) is 12.3. The molecule has 6 N–H and O–H groups in total. The first-order valence-corrected chi connectivity index (χ1v) is 12.3. The molecule has 1 saturated carbocycles. The fraction of sp³-hybridized carbons (Fsp3) is 0.276. The standard InChI is InChI=1S/C29H26N2O8/c1-31(2)23-17-10-16-15-9-11-8-12(39-3)4-5-13(11)14-6-7-18(32)21(19(14)15)24(33)20(16)26(35)29(17,38)27(36)22(25(23)34)28(30)37/h4-9,16-17,23,32-33,36,38H,10H2,1-3H3,(H2,30,37)/t16-,17-,23+,29-/m0/s1. The van der Waals surface area contributed by atoms with Gasteiger partial charge in [0.25, 0.3) is 5.91 Å². The van der Waals surface area contributed by atoms with Gasteiger partial charge in [-0.2, -0.15) is 0 Å². The Labute approximate surface area is 222 Å². The predicted octanol–water partition coefficient (Wildman–Crippen LogP) is 2.20. The van der Waals surface area contributed by atoms with Crippen LogP contribution in [0.1, 0.15) is 23.5 Å². The predicted molar refractivity (Wildman–Crippen MR) is 141 cm³/mol. The van der Waals surface area contributed by atoms with E-state index in [0.717, 1.165) is 16.2 Å². The van der Waals surface area contributed by atoms with Crippen molar-refractivity contribution < 1.29 is 39.5 Å². The van der Waals surface area contributed by atoms with Crippen LogP contribution in [-0.2, 0) is 14.4 Å². The third-order valence-electron chi connectivity index (χ3n) is 8.46. The van der Waals surface area contributed by atoms with Gasteiger partial charge in [0.2, 0.25) is 5.78 Å². The van der Waals surface area contributed by atoms with Crippen LogP contribution in [0.25, 0.3) is 27.3 Å². The number of fused-ring (bicyclic) bond motifs is 5. The SMILES string of the molecule is COc1ccc2c(c1)cc1c3c(c(O)ccc32)C(O)=C2C(=O)[C@]3(O)C(O)=C(C(N)=O)C(=O)[C@H](N(C)C)[C@@H]3C[C@H]21. The van der Waals surface area contributed by atoms with E-state index in [-0.39, 0.29) is 23.3 Å². The van der Waals surface area contributed by atoms with Crippen molar-refractivity contribution in [1.29, 1.82) is 0 Å². The van der Waals surface area contributed by atoms with Crippen molar-refractivity contribution in [3.8, 4) is 11.5 Å². The molecule has 3 aromatic carbocycles. The van der Waals surface area contributed by atoms with Gasteiger partial charge < -0.3 is 30.9 Å². The Kier molecular flexibility index (Phi) is 5.14. The molecule has 0 saturated heterocycles. The summed E-state index contributed by atoms with van der Waals surface area (Å²) in [4.78, 5) is 41.1. The minimum absolute atomic E-state index is 0.0245. The highest BCUT2D eigenvalue weighted by molar-refractivity contribution is 6.25. The van der Waals surface area contributed by atoms with Gasteiger partial charge >= 0.3 is 0 Å². The van der Waals surface area contributed by atoms with Crippen molar-refractivity contribution >= 4 is 44.8 Å². The van der Waals surface area contributed by atoms with Gasteiger partial charge in [-0.05, 0) is 66.5 Å². The van der Waals surface area contributed by atoms with Crippen LogP contribution in [-0.4, -0.2) is 75.6 Å². The Bertz CT molecular complexity index is 1740. The first kappa shape index (κ1) is 24.9. The van der Waals surface area contributed by atoms with Crippen molar-refractivity contribution in [2.24, 2.45) is 11.7 Å². The number of methoxy groups -OCH3 is 1. The maximum Gasteiger partial charge on any atom is 0.255 e. The number of ether oxygens (including phenoxy) is 1. The number of carbonyl (C=O) groups excluding carboxylic acids is 3. The van der Waals surface area contributed by atoms with E-state index in [0.29, 0.717) is 16.7 Å². The van der Waals surface area contributed by atoms with Crippen LogP contribution in [0.15, 0.2) is 53.3 Å². The molecule has 0 spiro atoms. The molecular formula is C29H26N2O8. The molecule has 1 fully saturated rings. The van der Waals surface area contributed by atoms with Gasteiger partial charge in [0.1, 0.15) is 28.6 Å². The van der Waals surface area contributed by atoms with Crippen LogP contribution in [0, 0.1) is 5.92 Å². The Morgan fingerprint density at radius 2 is 1.77 bits per heavy atom. The van der Waals surface area contributed by atoms with Gasteiger partial charge in [-0.25, -0.2) is 0 Å². The van der Waals surface area contributed by atoms with E-state index in [2.05, 4.69) is 0 Å². The largest absolute Gasteiger partial charge is 0.508 e. The molecule has 3 aliphatic rings. The fourth-order valence-corrected chi connectivity index (χ4v) is 6.78. The fourth-order valence-electron chi connectivity index (χ4n) is 6.78. The van der Waals surface area contributed by atoms with Crippen molar-refractivity contribution in [3.05, 3.63) is 64.4 Å². The number of primary amides is 1. The third-order valence-corrected chi connectivity index (χ3v) is 8.46. The number of aliphatic hydroxyl groups excluding tert-OH is 2. The quantitative estimate of drug-likeness (QED) is 0.252. The third kappa shape index (κ3) is 3.01. The lowest BCUT2D eigenvalue weighted by molar-refractivity contribution is -0.152. The van der Waals surface area contributed by atoms with Crippen molar-refractivity contribution in [3.63, 3.8) is 0 Å². The Hall–Kier alpha value is -4.41. The van der Waals surface area contributed by atoms with Gasteiger partial charge in [0, 0.05) is 22.8 Å². The molecule has 0 radical (unpaired) electrons. The molecule has 10 nitrogen and oxygen atoms in total. The van der Waals surface area contributed by atoms with Crippen molar-refractivity contribution in [2.75, 3.05) is 21.2 Å². The number of phenols is 1. The van der Waals surface area contributed by atoms with E-state index in [1.807, 2.05) is 18.2 Å². The Balaban J connectivity index is 1.70. The Morgan fingerprint density at radius 1 is 1.08 bits per heavy atom. The maximum absolute atomic E-state index is 14.1. The van der Waals surface area contributed by atoms with E-state index in [1.54, 1.807) is 33.3 Å². The average Bonchev–Trinajstić information content (AvgIpc) is 2.88. The van der Waals surface area contributed by atoms with Crippen LogP contribution < -0.4 is 10.5 Å². The van der Waals surface area contributed by atoms with Crippen LogP contribution >= 0.6 is 0 Å². The number of nitrogens with zero attached hydrogens (tertiary/aromatic N) is 1. The molecule has 39 heavy (non-hydrogen) atoms. The monoisotopic (exact) mass is 530 g/mol. The molecular weight excluding hydrogens is 504 g/mol. The van der Waals surface area contributed by atoms with E-state index in [4.69, 9.17) is 10.5 Å². The van der Waals surface area contributed by atoms with E-state index < -0.39 is 58.0 Å². The number of Topliss-reactive ketones (excluding diaryl/α,β-unsaturated/α-hetero) is 2. The van der Waals surface area contributed by atoms with E-state index in [1.165, 1.54) is 11.0 Å². The summed E-state index contributed by atoms with van der Waals surface area (Å²) >= 11 is 0. The number of carbonyl (C=O) groups is 3. The van der Waals surface area contributed by atoms with Crippen molar-refractivity contribution in [1.82, 2.24) is 4.90 Å². The molecule has 0 unspecified atom stereocenters. The lowest BCUT2D eigenvalue weighted by Crippen LogP contribution is -2.65. The summed E-state index contributed by atoms with van der Waals surface area (Å²) < 4.78 is 5.39. The number of hydrogen-bond acceptors (Lipinski definition) is 9. The summed E-state index contributed by atoms with van der Waals surface area (Å²) in [5.74, 6) is -6.44. The van der Waals surface area contributed by atoms with Crippen molar-refractivity contribution in [2.45, 2.75) is 24.0 Å². The molecule has 3 aromatic rings. The van der Waals surface area contributed by atoms with E-state index in [9.17, 15) is 34.8 Å². The highest BCUT2D eigenvalue weighted by Crippen LogP contribution is 2.57. The first-order chi connectivity index (χ1) is 18.4. The number of aliphatic hydroxyl groups is 3. The molecule has 0 bridgehead atoms. The number of nitrogens with two attached hydrogens (primary N) is 1. The van der Waals surface area contributed by atoms with E-state index >= 15 is 0 Å². The molecule has 6 rings (SSSR count). The number of ketones is 2. The molecule has 10 heteroatoms. The zero-order valence-corrected chi connectivity index (χ0v) is 21.3. The molecule has 4 atom stereocenters. The van der Waals surface area contributed by atoms with Gasteiger partial charge in [-0.15, -0.1) is 0 Å². The highest BCUT2D eigenvalue weighted by Gasteiger charge is 2.64. The summed E-state index contributed by atoms with van der Waals surface area (Å²) in [7, 11) is 4.67. The van der Waals surface area contributed by atoms with Gasteiger partial charge in [0.15, 0.2) is 11.4 Å². The second-order valence-corrected chi connectivity index (χ2v) is 10.5. The number of amides is 1. The number of hydrogen-bond donors (Lipinski definition) is 5. The normalized spacial score (nSPS) is 26.3. The minimum Gasteiger partial charge on any atom is -0.508 e. The number of phenolic OH excluding ortho intramolecular Hbond substituents is 1. The number of likely N-dealkylation sites (N-methyl/N-ethyl adjacent to an activating group) is 1. The Morgan fingerprint density at radius 3 is 2.41 bits per heavy atom. The lowest BCUT2D eigenvalue weighted by Gasteiger charge is -2.50. The minimum atomic E-state index is -2.70. The summed E-state index contributed by atoms with van der Waals surface area (Å²) in [5.41, 5.74) is 2.24. The van der Waals surface area contributed by atoms with Crippen LogP contribution in [0.3, 0.4) is 0 Å². The molecule has 200 valence electrons. The summed E-state index contributed by atoms with van der Waals surface area (Å²) in [5, 5.41) is 48.0. The van der Waals surface area contributed by atoms with Gasteiger partial charge in [0.05, 0.1) is 18.7 Å². The zero-order valence-electron chi connectivity index (χ0n) is 21.3. The molecule has 3 aliphatic carbocycles. The van der Waals surface area contributed by atoms with Crippen LogP contribution in [0.2, 0.25) is 0 Å². The molecule has 0 heterocycles. The maximum atomic E-state index is 14.1. The summed E-state index contributed by atoms with van der Waals surface area (Å²) in [6, 6.07) is 9.32. The summed E-state index contributed by atoms with van der Waals surface area (Å²) in [6.07, 6.45) is -0.0357. The van der Waals surface area contributed by atoms with Gasteiger partial charge in [-0.1, -0.05) is 12.1 Å². The average molecular weight is 531 g/mol. The molecule has 0 aliphatic heterocycles. The number of rotatable bonds is 3. The van der Waals surface area contributed by atoms with Gasteiger partial charge in [-0.3, -0.25) is 19.3 Å². The van der Waals surface area contributed by atoms with Crippen LogP contribution in [0.4, 0.5) is 0 Å². The second-order valence-electron chi connectivity index (χ2n) is 10.5. The second kappa shape index (κ2) is 8.05. The van der Waals surface area contributed by atoms with Crippen LogP contribution in [0.5, 0.6) is 11.5 Å². The summed E-state index contributed by atoms with van der Waals surface area (Å²) in [6.45, 7) is 0. The molecule has 0 aromatic heterocycles. The molecule has 1 amide bonds. The number of aromatic hydroxyl groups is 1.